The van der Waals surface area contributed by atoms with Gasteiger partial charge in [0.15, 0.2) is 9.84 Å². The Morgan fingerprint density at radius 3 is 2.52 bits per heavy atom. The van der Waals surface area contributed by atoms with Crippen molar-refractivity contribution in [2.45, 2.75) is 30.4 Å². The van der Waals surface area contributed by atoms with Gasteiger partial charge in [-0.2, -0.15) is 0 Å². The van der Waals surface area contributed by atoms with E-state index in [0.717, 1.165) is 30.6 Å². The van der Waals surface area contributed by atoms with Gasteiger partial charge in [-0.3, -0.25) is 9.69 Å². The Morgan fingerprint density at radius 2 is 1.77 bits per heavy atom. The van der Waals surface area contributed by atoms with E-state index < -0.39 is 15.9 Å². The average Bonchev–Trinajstić information content (AvgIpc) is 2.90. The van der Waals surface area contributed by atoms with Crippen LogP contribution in [0.3, 0.4) is 0 Å². The number of hydrogen-bond donors (Lipinski definition) is 0. The maximum atomic E-state index is 12.9. The lowest BCUT2D eigenvalue weighted by atomic mass is 10.0. The molecule has 0 radical (unpaired) electrons. The molecule has 2 aromatic rings. The van der Waals surface area contributed by atoms with E-state index in [9.17, 15) is 18.0 Å². The summed E-state index contributed by atoms with van der Waals surface area (Å²) in [6.45, 7) is 3.59. The molecule has 1 saturated heterocycles. The molecule has 8 heteroatoms. The first kappa shape index (κ1) is 21.5. The zero-order chi connectivity index (χ0) is 22.0. The molecule has 0 bridgehead atoms. The fraction of sp³-hybridized carbons (Fsp3) is 0.391. The molecule has 0 aliphatic carbocycles. The predicted octanol–water partition coefficient (Wildman–Crippen LogP) is 2.43. The third-order valence-electron chi connectivity index (χ3n) is 5.84. The Balaban J connectivity index is 1.33. The van der Waals surface area contributed by atoms with Gasteiger partial charge in [0.05, 0.1) is 16.9 Å². The van der Waals surface area contributed by atoms with Crippen molar-refractivity contribution in [2.24, 2.45) is 0 Å². The minimum absolute atomic E-state index is 0.00569. The number of benzene rings is 2. The predicted molar refractivity (Wildman–Crippen MR) is 115 cm³/mol. The van der Waals surface area contributed by atoms with Crippen molar-refractivity contribution < 1.29 is 22.7 Å². The summed E-state index contributed by atoms with van der Waals surface area (Å²) in [5.41, 5.74) is 2.38. The van der Waals surface area contributed by atoms with Gasteiger partial charge >= 0.3 is 5.97 Å². The van der Waals surface area contributed by atoms with Crippen molar-refractivity contribution >= 4 is 21.7 Å². The maximum Gasteiger partial charge on any atom is 0.339 e. The monoisotopic (exact) mass is 442 g/mol. The lowest BCUT2D eigenvalue weighted by Crippen LogP contribution is -2.35. The summed E-state index contributed by atoms with van der Waals surface area (Å²) in [6, 6.07) is 14.2. The molecule has 1 unspecified atom stereocenters. The third-order valence-corrected chi connectivity index (χ3v) is 6.96. The molecule has 1 amide bonds. The van der Waals surface area contributed by atoms with Crippen LogP contribution in [0, 0.1) is 0 Å². The van der Waals surface area contributed by atoms with Crippen LogP contribution >= 0.6 is 0 Å². The second-order valence-corrected chi connectivity index (χ2v) is 10.1. The maximum absolute atomic E-state index is 12.9. The number of hydrogen-bond acceptors (Lipinski definition) is 6. The molecule has 31 heavy (non-hydrogen) atoms. The van der Waals surface area contributed by atoms with Crippen molar-refractivity contribution in [3.8, 4) is 0 Å². The van der Waals surface area contributed by atoms with Crippen LogP contribution in [0.5, 0.6) is 0 Å². The first-order valence-electron chi connectivity index (χ1n) is 10.4. The number of esters is 1. The van der Waals surface area contributed by atoms with Crippen LogP contribution in [0.2, 0.25) is 0 Å². The number of nitrogens with zero attached hydrogens (tertiary/aromatic N) is 2. The van der Waals surface area contributed by atoms with E-state index in [1.807, 2.05) is 29.2 Å². The fourth-order valence-corrected chi connectivity index (χ4v) is 4.77. The molecule has 2 aromatic carbocycles. The fourth-order valence-electron chi connectivity index (χ4n) is 4.14. The minimum atomic E-state index is -3.20. The Morgan fingerprint density at radius 1 is 1.03 bits per heavy atom. The molecule has 2 aliphatic heterocycles. The third kappa shape index (κ3) is 4.97. The number of sulfone groups is 1. The summed E-state index contributed by atoms with van der Waals surface area (Å²) in [7, 11) is -3.20. The van der Waals surface area contributed by atoms with E-state index in [0.29, 0.717) is 30.1 Å². The van der Waals surface area contributed by atoms with Crippen molar-refractivity contribution in [3.63, 3.8) is 0 Å². The van der Waals surface area contributed by atoms with Gasteiger partial charge in [0.2, 0.25) is 5.91 Å². The smallest absolute Gasteiger partial charge is 0.339 e. The van der Waals surface area contributed by atoms with E-state index in [2.05, 4.69) is 4.90 Å². The van der Waals surface area contributed by atoms with Gasteiger partial charge in [0.25, 0.3) is 0 Å². The number of carbonyl (C=O) groups is 2. The highest BCUT2D eigenvalue weighted by atomic mass is 32.2. The first-order valence-corrected chi connectivity index (χ1v) is 12.3. The quantitative estimate of drug-likeness (QED) is 0.662. The molecule has 0 N–H and O–H groups in total. The van der Waals surface area contributed by atoms with Gasteiger partial charge < -0.3 is 9.64 Å². The van der Waals surface area contributed by atoms with Gasteiger partial charge in [-0.15, -0.1) is 0 Å². The second kappa shape index (κ2) is 8.80. The molecule has 0 aromatic heterocycles. The lowest BCUT2D eigenvalue weighted by molar-refractivity contribution is -0.133. The van der Waals surface area contributed by atoms with Gasteiger partial charge in [0.1, 0.15) is 6.10 Å². The largest absolute Gasteiger partial charge is 0.453 e. The van der Waals surface area contributed by atoms with Crippen LogP contribution < -0.4 is 0 Å². The summed E-state index contributed by atoms with van der Waals surface area (Å²) >= 11 is 0. The standard InChI is InChI=1S/C23H26N2O5S/c1-31(28,29)18-9-7-17(8-10-18)16-24-11-4-12-25(14-13-24)22(26)15-21-19-5-2-3-6-20(19)23(27)30-21/h2-3,5-10,21H,4,11-16H2,1H3. The van der Waals surface area contributed by atoms with Gasteiger partial charge in [0, 0.05) is 44.5 Å². The zero-order valence-corrected chi connectivity index (χ0v) is 18.3. The molecule has 2 heterocycles. The summed E-state index contributed by atoms with van der Waals surface area (Å²) in [5.74, 6) is -0.369. The van der Waals surface area contributed by atoms with Gasteiger partial charge in [-0.25, -0.2) is 13.2 Å². The normalized spacial score (nSPS) is 19.6. The summed E-state index contributed by atoms with van der Waals surface area (Å²) in [4.78, 5) is 29.3. The number of ether oxygens (including phenoxy) is 1. The van der Waals surface area contributed by atoms with Crippen LogP contribution in [0.4, 0.5) is 0 Å². The van der Waals surface area contributed by atoms with Crippen LogP contribution in [-0.2, 0) is 25.9 Å². The van der Waals surface area contributed by atoms with E-state index in [1.165, 1.54) is 6.26 Å². The topological polar surface area (TPSA) is 84.0 Å². The van der Waals surface area contributed by atoms with Crippen molar-refractivity contribution in [1.82, 2.24) is 9.80 Å². The molecule has 0 saturated carbocycles. The first-order chi connectivity index (χ1) is 14.8. The highest BCUT2D eigenvalue weighted by Gasteiger charge is 2.33. The molecule has 1 fully saturated rings. The summed E-state index contributed by atoms with van der Waals surface area (Å²) in [6.07, 6.45) is 1.71. The highest BCUT2D eigenvalue weighted by Crippen LogP contribution is 2.33. The van der Waals surface area contributed by atoms with Crippen molar-refractivity contribution in [2.75, 3.05) is 32.4 Å². The van der Waals surface area contributed by atoms with Crippen LogP contribution in [0.15, 0.2) is 53.4 Å². The number of cyclic esters (lactones) is 1. The van der Waals surface area contributed by atoms with Gasteiger partial charge in [-0.1, -0.05) is 30.3 Å². The molecule has 2 aliphatic rings. The molecule has 0 spiro atoms. The zero-order valence-electron chi connectivity index (χ0n) is 17.5. The average molecular weight is 443 g/mol. The number of carbonyl (C=O) groups excluding carboxylic acids is 2. The summed E-state index contributed by atoms with van der Waals surface area (Å²) in [5, 5.41) is 0. The van der Waals surface area contributed by atoms with Crippen molar-refractivity contribution in [1.29, 1.82) is 0 Å². The number of amides is 1. The SMILES string of the molecule is CS(=O)(=O)c1ccc(CN2CCCN(C(=O)CC3OC(=O)c4ccccc43)CC2)cc1. The van der Waals surface area contributed by atoms with Gasteiger partial charge in [-0.05, 0) is 30.2 Å². The lowest BCUT2D eigenvalue weighted by Gasteiger charge is -2.23. The van der Waals surface area contributed by atoms with Crippen LogP contribution in [-0.4, -0.2) is 62.5 Å². The second-order valence-electron chi connectivity index (χ2n) is 8.11. The van der Waals surface area contributed by atoms with Crippen LogP contribution in [0.25, 0.3) is 0 Å². The Bertz CT molecular complexity index is 1080. The molecule has 164 valence electrons. The van der Waals surface area contributed by atoms with E-state index in [4.69, 9.17) is 4.74 Å². The summed E-state index contributed by atoms with van der Waals surface area (Å²) < 4.78 is 28.6. The Labute approximate surface area is 182 Å². The molecule has 7 nitrogen and oxygen atoms in total. The molecular formula is C23H26N2O5S. The highest BCUT2D eigenvalue weighted by molar-refractivity contribution is 7.90. The molecular weight excluding hydrogens is 416 g/mol. The number of rotatable bonds is 5. The molecule has 4 rings (SSSR count). The van der Waals surface area contributed by atoms with E-state index in [1.54, 1.807) is 24.3 Å². The van der Waals surface area contributed by atoms with E-state index >= 15 is 0 Å². The Kier molecular flexibility index (Phi) is 6.11. The number of fused-ring (bicyclic) bond motifs is 1. The van der Waals surface area contributed by atoms with Crippen molar-refractivity contribution in [3.05, 3.63) is 65.2 Å². The molecule has 1 atom stereocenters. The van der Waals surface area contributed by atoms with Crippen LogP contribution in [0.1, 0.15) is 40.4 Å². The Hall–Kier alpha value is -2.71. The van der Waals surface area contributed by atoms with E-state index in [-0.39, 0.29) is 18.3 Å². The minimum Gasteiger partial charge on any atom is -0.453 e.